The lowest BCUT2D eigenvalue weighted by molar-refractivity contribution is 0.0697. The van der Waals surface area contributed by atoms with E-state index in [-0.39, 0.29) is 17.1 Å². The number of aromatic carboxylic acids is 1. The van der Waals surface area contributed by atoms with Crippen molar-refractivity contribution in [2.24, 2.45) is 0 Å². The smallest absolute Gasteiger partial charge is 0.335 e. The molecule has 100 valence electrons. The lowest BCUT2D eigenvalue weighted by Crippen LogP contribution is -2.23. The van der Waals surface area contributed by atoms with Gasteiger partial charge in [-0.15, -0.1) is 0 Å². The summed E-state index contributed by atoms with van der Waals surface area (Å²) < 4.78 is 25.9. The number of imidazole rings is 1. The number of carboxylic acid groups (broad SMARTS) is 1. The van der Waals surface area contributed by atoms with Crippen molar-refractivity contribution in [3.05, 3.63) is 47.9 Å². The summed E-state index contributed by atoms with van der Waals surface area (Å²) in [5.41, 5.74) is 0.813. The fraction of sp³-hybridized carbons (Fsp3) is 0.0909. The van der Waals surface area contributed by atoms with E-state index in [2.05, 4.69) is 14.7 Å². The van der Waals surface area contributed by atoms with Crippen LogP contribution in [0.1, 0.15) is 15.9 Å². The van der Waals surface area contributed by atoms with E-state index in [1.54, 1.807) is 12.1 Å². The van der Waals surface area contributed by atoms with Gasteiger partial charge in [0.05, 0.1) is 18.1 Å². The molecule has 0 atom stereocenters. The Morgan fingerprint density at radius 2 is 2.00 bits per heavy atom. The monoisotopic (exact) mass is 281 g/mol. The molecule has 3 N–H and O–H groups in total. The molecule has 1 aromatic heterocycles. The van der Waals surface area contributed by atoms with E-state index in [0.29, 0.717) is 5.56 Å². The Labute approximate surface area is 109 Å². The number of hydrogen-bond donors (Lipinski definition) is 3. The van der Waals surface area contributed by atoms with Gasteiger partial charge in [0, 0.05) is 6.54 Å². The van der Waals surface area contributed by atoms with Crippen LogP contribution in [0.3, 0.4) is 0 Å². The van der Waals surface area contributed by atoms with E-state index in [1.165, 1.54) is 24.7 Å². The number of aromatic nitrogens is 2. The number of benzene rings is 1. The predicted molar refractivity (Wildman–Crippen MR) is 66.0 cm³/mol. The van der Waals surface area contributed by atoms with Gasteiger partial charge in [0.25, 0.3) is 10.0 Å². The molecule has 0 radical (unpaired) electrons. The second-order valence-corrected chi connectivity index (χ2v) is 5.48. The van der Waals surface area contributed by atoms with Crippen molar-refractivity contribution in [1.29, 1.82) is 0 Å². The number of H-pyrrole nitrogens is 1. The zero-order valence-corrected chi connectivity index (χ0v) is 10.5. The maximum Gasteiger partial charge on any atom is 0.335 e. The van der Waals surface area contributed by atoms with Crippen LogP contribution < -0.4 is 4.72 Å². The fourth-order valence-electron chi connectivity index (χ4n) is 1.41. The van der Waals surface area contributed by atoms with Gasteiger partial charge in [0.2, 0.25) is 0 Å². The van der Waals surface area contributed by atoms with Gasteiger partial charge in [0.1, 0.15) is 0 Å². The Hall–Kier alpha value is -2.19. The Morgan fingerprint density at radius 1 is 1.32 bits per heavy atom. The Balaban J connectivity index is 2.05. The Morgan fingerprint density at radius 3 is 2.53 bits per heavy atom. The highest BCUT2D eigenvalue weighted by Crippen LogP contribution is 2.07. The summed E-state index contributed by atoms with van der Waals surface area (Å²) in [7, 11) is -3.63. The quantitative estimate of drug-likeness (QED) is 0.742. The molecule has 0 saturated carbocycles. The zero-order valence-electron chi connectivity index (χ0n) is 9.70. The lowest BCUT2D eigenvalue weighted by atomic mass is 10.1. The first-order valence-electron chi connectivity index (χ1n) is 5.29. The average molecular weight is 281 g/mol. The topological polar surface area (TPSA) is 112 Å². The molecule has 0 aliphatic carbocycles. The molecular weight excluding hydrogens is 270 g/mol. The molecule has 7 nitrogen and oxygen atoms in total. The summed E-state index contributed by atoms with van der Waals surface area (Å²) in [6, 6.07) is 5.95. The SMILES string of the molecule is O=C(O)c1ccc(CNS(=O)(=O)c2cnc[nH]2)cc1. The van der Waals surface area contributed by atoms with Gasteiger partial charge < -0.3 is 10.1 Å². The molecule has 2 aromatic rings. The van der Waals surface area contributed by atoms with Gasteiger partial charge in [-0.05, 0) is 17.7 Å². The molecule has 19 heavy (non-hydrogen) atoms. The van der Waals surface area contributed by atoms with Crippen molar-refractivity contribution in [3.63, 3.8) is 0 Å². The van der Waals surface area contributed by atoms with Gasteiger partial charge >= 0.3 is 5.97 Å². The van der Waals surface area contributed by atoms with Crippen LogP contribution >= 0.6 is 0 Å². The van der Waals surface area contributed by atoms with Crippen LogP contribution in [-0.2, 0) is 16.6 Å². The molecule has 0 aliphatic heterocycles. The molecule has 2 rings (SSSR count). The van der Waals surface area contributed by atoms with E-state index in [4.69, 9.17) is 5.11 Å². The van der Waals surface area contributed by atoms with Crippen LogP contribution in [0.4, 0.5) is 0 Å². The predicted octanol–water partition coefficient (Wildman–Crippen LogP) is 0.586. The second-order valence-electron chi connectivity index (χ2n) is 3.74. The van der Waals surface area contributed by atoms with E-state index in [0.717, 1.165) is 0 Å². The van der Waals surface area contributed by atoms with Crippen LogP contribution in [0.5, 0.6) is 0 Å². The minimum absolute atomic E-state index is 0.0188. The Kier molecular flexibility index (Phi) is 3.63. The summed E-state index contributed by atoms with van der Waals surface area (Å²) in [4.78, 5) is 16.8. The van der Waals surface area contributed by atoms with Gasteiger partial charge in [-0.25, -0.2) is 22.9 Å². The maximum atomic E-state index is 11.8. The van der Waals surface area contributed by atoms with Crippen LogP contribution in [0.25, 0.3) is 0 Å². The highest BCUT2D eigenvalue weighted by Gasteiger charge is 2.14. The number of sulfonamides is 1. The second kappa shape index (κ2) is 5.21. The largest absolute Gasteiger partial charge is 0.478 e. The molecule has 0 amide bonds. The number of carbonyl (C=O) groups is 1. The first kappa shape index (κ1) is 13.2. The Bertz CT molecular complexity index is 662. The van der Waals surface area contributed by atoms with Gasteiger partial charge in [-0.2, -0.15) is 0 Å². The lowest BCUT2D eigenvalue weighted by Gasteiger charge is -2.05. The summed E-state index contributed by atoms with van der Waals surface area (Å²) in [5.74, 6) is -1.02. The summed E-state index contributed by atoms with van der Waals surface area (Å²) >= 11 is 0. The van der Waals surface area contributed by atoms with Crippen molar-refractivity contribution < 1.29 is 18.3 Å². The molecule has 0 aliphatic rings. The van der Waals surface area contributed by atoms with Gasteiger partial charge in [-0.1, -0.05) is 12.1 Å². The van der Waals surface area contributed by atoms with Crippen LogP contribution in [0.15, 0.2) is 41.8 Å². The van der Waals surface area contributed by atoms with Crippen LogP contribution in [0, 0.1) is 0 Å². The zero-order chi connectivity index (χ0) is 13.9. The fourth-order valence-corrected chi connectivity index (χ4v) is 2.33. The molecule has 0 unspecified atom stereocenters. The minimum Gasteiger partial charge on any atom is -0.478 e. The van der Waals surface area contributed by atoms with E-state index < -0.39 is 16.0 Å². The number of carboxylic acids is 1. The molecule has 0 bridgehead atoms. The van der Waals surface area contributed by atoms with E-state index in [9.17, 15) is 13.2 Å². The van der Waals surface area contributed by atoms with Crippen LogP contribution in [0.2, 0.25) is 0 Å². The first-order chi connectivity index (χ1) is 8.99. The highest BCUT2D eigenvalue weighted by atomic mass is 32.2. The van der Waals surface area contributed by atoms with Crippen molar-refractivity contribution in [1.82, 2.24) is 14.7 Å². The number of nitrogens with one attached hydrogen (secondary N) is 2. The third kappa shape index (κ3) is 3.18. The van der Waals surface area contributed by atoms with Gasteiger partial charge in [0.15, 0.2) is 5.03 Å². The third-order valence-electron chi connectivity index (χ3n) is 2.43. The number of rotatable bonds is 5. The third-order valence-corrected chi connectivity index (χ3v) is 3.76. The van der Waals surface area contributed by atoms with Crippen molar-refractivity contribution >= 4 is 16.0 Å². The molecular formula is C11H11N3O4S. The number of aromatic amines is 1. The maximum absolute atomic E-state index is 11.8. The standard InChI is InChI=1S/C11H11N3O4S/c15-11(16)9-3-1-8(2-4-9)5-14-19(17,18)10-6-12-7-13-10/h1-4,6-7,14H,5H2,(H,12,13)(H,15,16). The summed E-state index contributed by atoms with van der Waals surface area (Å²) in [6.45, 7) is 0.0707. The average Bonchev–Trinajstić information content (AvgIpc) is 2.91. The molecule has 8 heteroatoms. The van der Waals surface area contributed by atoms with Crippen LogP contribution in [-0.4, -0.2) is 29.5 Å². The minimum atomic E-state index is -3.63. The number of nitrogens with zero attached hydrogens (tertiary/aromatic N) is 1. The normalized spacial score (nSPS) is 11.4. The molecule has 0 saturated heterocycles. The summed E-state index contributed by atoms with van der Waals surface area (Å²) in [6.07, 6.45) is 2.48. The van der Waals surface area contributed by atoms with E-state index in [1.807, 2.05) is 0 Å². The van der Waals surface area contributed by atoms with Gasteiger partial charge in [-0.3, -0.25) is 0 Å². The highest BCUT2D eigenvalue weighted by molar-refractivity contribution is 7.89. The molecule has 0 spiro atoms. The summed E-state index contributed by atoms with van der Waals surface area (Å²) in [5, 5.41) is 8.72. The number of hydrogen-bond acceptors (Lipinski definition) is 4. The van der Waals surface area contributed by atoms with Crippen molar-refractivity contribution in [2.45, 2.75) is 11.6 Å². The van der Waals surface area contributed by atoms with Crippen molar-refractivity contribution in [3.8, 4) is 0 Å². The molecule has 1 heterocycles. The van der Waals surface area contributed by atoms with E-state index >= 15 is 0 Å². The molecule has 1 aromatic carbocycles. The first-order valence-corrected chi connectivity index (χ1v) is 6.77. The molecule has 0 fully saturated rings. The van der Waals surface area contributed by atoms with Crippen molar-refractivity contribution in [2.75, 3.05) is 0 Å².